The van der Waals surface area contributed by atoms with Gasteiger partial charge in [0.05, 0.1) is 12.2 Å². The molecule has 19 heavy (non-hydrogen) atoms. The summed E-state index contributed by atoms with van der Waals surface area (Å²) in [6, 6.07) is 13.0. The summed E-state index contributed by atoms with van der Waals surface area (Å²) in [7, 11) is 0. The molecule has 0 aliphatic carbocycles. The zero-order chi connectivity index (χ0) is 13.8. The fourth-order valence-corrected chi connectivity index (χ4v) is 2.03. The number of aromatic carboxylic acids is 1. The minimum absolute atomic E-state index is 0.237. The highest BCUT2D eigenvalue weighted by molar-refractivity contribution is 5.90. The standard InChI is InChI=1S/C16H16O3/c1-3-19-15-10-12(16(17)18)8-9-14(15)13-7-5-4-6-11(13)2/h4-10H,3H2,1-2H3,(H,17,18). The molecule has 2 rings (SSSR count). The third kappa shape index (κ3) is 2.76. The molecule has 98 valence electrons. The average molecular weight is 256 g/mol. The predicted molar refractivity (Wildman–Crippen MR) is 74.7 cm³/mol. The molecule has 0 spiro atoms. The van der Waals surface area contributed by atoms with Crippen LogP contribution in [0.4, 0.5) is 0 Å². The molecular formula is C16H16O3. The molecule has 0 saturated heterocycles. The van der Waals surface area contributed by atoms with E-state index in [1.54, 1.807) is 18.2 Å². The van der Waals surface area contributed by atoms with Crippen molar-refractivity contribution in [1.82, 2.24) is 0 Å². The Labute approximate surface area is 112 Å². The second-order valence-corrected chi connectivity index (χ2v) is 4.26. The van der Waals surface area contributed by atoms with Crippen molar-refractivity contribution in [3.8, 4) is 16.9 Å². The van der Waals surface area contributed by atoms with Crippen LogP contribution in [0.15, 0.2) is 42.5 Å². The fourth-order valence-electron chi connectivity index (χ4n) is 2.03. The van der Waals surface area contributed by atoms with Gasteiger partial charge in [0.15, 0.2) is 0 Å². The first kappa shape index (κ1) is 13.1. The zero-order valence-electron chi connectivity index (χ0n) is 11.0. The zero-order valence-corrected chi connectivity index (χ0v) is 11.0. The molecule has 0 unspecified atom stereocenters. The van der Waals surface area contributed by atoms with Gasteiger partial charge in [-0.25, -0.2) is 4.79 Å². The van der Waals surface area contributed by atoms with Gasteiger partial charge in [0, 0.05) is 5.56 Å². The number of hydrogen-bond donors (Lipinski definition) is 1. The van der Waals surface area contributed by atoms with Crippen molar-refractivity contribution >= 4 is 5.97 Å². The highest BCUT2D eigenvalue weighted by Crippen LogP contribution is 2.33. The lowest BCUT2D eigenvalue weighted by Crippen LogP contribution is -2.00. The number of carboxylic acid groups (broad SMARTS) is 1. The van der Waals surface area contributed by atoms with E-state index in [2.05, 4.69) is 0 Å². The van der Waals surface area contributed by atoms with Crippen LogP contribution in [-0.2, 0) is 0 Å². The summed E-state index contributed by atoms with van der Waals surface area (Å²) in [5.41, 5.74) is 3.35. The van der Waals surface area contributed by atoms with E-state index in [1.807, 2.05) is 38.1 Å². The second-order valence-electron chi connectivity index (χ2n) is 4.26. The molecule has 0 saturated carbocycles. The highest BCUT2D eigenvalue weighted by Gasteiger charge is 2.12. The molecule has 0 bridgehead atoms. The summed E-state index contributed by atoms with van der Waals surface area (Å²) in [5, 5.41) is 9.04. The van der Waals surface area contributed by atoms with Crippen LogP contribution >= 0.6 is 0 Å². The minimum atomic E-state index is -0.947. The molecule has 0 amide bonds. The summed E-state index contributed by atoms with van der Waals surface area (Å²) in [4.78, 5) is 11.0. The highest BCUT2D eigenvalue weighted by atomic mass is 16.5. The molecule has 0 aliphatic heterocycles. The Morgan fingerprint density at radius 1 is 1.16 bits per heavy atom. The van der Waals surface area contributed by atoms with E-state index in [9.17, 15) is 4.79 Å². The van der Waals surface area contributed by atoms with Crippen LogP contribution in [0.25, 0.3) is 11.1 Å². The van der Waals surface area contributed by atoms with Crippen molar-refractivity contribution in [1.29, 1.82) is 0 Å². The monoisotopic (exact) mass is 256 g/mol. The fraction of sp³-hybridized carbons (Fsp3) is 0.188. The molecule has 1 N–H and O–H groups in total. The molecule has 0 aromatic heterocycles. The van der Waals surface area contributed by atoms with E-state index in [0.717, 1.165) is 16.7 Å². The molecule has 2 aromatic carbocycles. The van der Waals surface area contributed by atoms with Crippen LogP contribution in [0.5, 0.6) is 5.75 Å². The first-order chi connectivity index (χ1) is 9.13. The van der Waals surface area contributed by atoms with Gasteiger partial charge in [-0.15, -0.1) is 0 Å². The van der Waals surface area contributed by atoms with Crippen LogP contribution in [0.3, 0.4) is 0 Å². The Hall–Kier alpha value is -2.29. The van der Waals surface area contributed by atoms with Crippen molar-refractivity contribution < 1.29 is 14.6 Å². The van der Waals surface area contributed by atoms with Gasteiger partial charge >= 0.3 is 5.97 Å². The van der Waals surface area contributed by atoms with E-state index in [-0.39, 0.29) is 5.56 Å². The minimum Gasteiger partial charge on any atom is -0.493 e. The number of carbonyl (C=O) groups is 1. The molecule has 0 atom stereocenters. The van der Waals surface area contributed by atoms with Gasteiger partial charge in [-0.05, 0) is 43.2 Å². The third-order valence-corrected chi connectivity index (χ3v) is 2.96. The van der Waals surface area contributed by atoms with Crippen LogP contribution in [0, 0.1) is 6.92 Å². The number of rotatable bonds is 4. The first-order valence-electron chi connectivity index (χ1n) is 6.19. The Bertz CT molecular complexity index is 603. The summed E-state index contributed by atoms with van der Waals surface area (Å²) >= 11 is 0. The van der Waals surface area contributed by atoms with E-state index >= 15 is 0 Å². The Morgan fingerprint density at radius 3 is 2.53 bits per heavy atom. The van der Waals surface area contributed by atoms with Gasteiger partial charge in [0.25, 0.3) is 0 Å². The molecule has 0 fully saturated rings. The van der Waals surface area contributed by atoms with Gasteiger partial charge in [0.2, 0.25) is 0 Å². The van der Waals surface area contributed by atoms with E-state index < -0.39 is 5.97 Å². The van der Waals surface area contributed by atoms with Gasteiger partial charge in [-0.2, -0.15) is 0 Å². The predicted octanol–water partition coefficient (Wildman–Crippen LogP) is 3.76. The largest absolute Gasteiger partial charge is 0.493 e. The summed E-state index contributed by atoms with van der Waals surface area (Å²) in [6.45, 7) is 4.41. The summed E-state index contributed by atoms with van der Waals surface area (Å²) in [6.07, 6.45) is 0. The number of ether oxygens (including phenoxy) is 1. The van der Waals surface area contributed by atoms with Crippen molar-refractivity contribution in [3.05, 3.63) is 53.6 Å². The lowest BCUT2D eigenvalue weighted by atomic mass is 9.98. The van der Waals surface area contributed by atoms with Crippen LogP contribution in [-0.4, -0.2) is 17.7 Å². The number of benzene rings is 2. The van der Waals surface area contributed by atoms with Crippen LogP contribution in [0.2, 0.25) is 0 Å². The summed E-state index contributed by atoms with van der Waals surface area (Å²) in [5.74, 6) is -0.339. The molecule has 0 heterocycles. The Kier molecular flexibility index (Phi) is 3.85. The number of hydrogen-bond acceptors (Lipinski definition) is 2. The van der Waals surface area contributed by atoms with Crippen molar-refractivity contribution in [2.45, 2.75) is 13.8 Å². The third-order valence-electron chi connectivity index (χ3n) is 2.96. The quantitative estimate of drug-likeness (QED) is 0.906. The molecule has 3 nitrogen and oxygen atoms in total. The van der Waals surface area contributed by atoms with Crippen molar-refractivity contribution in [3.63, 3.8) is 0 Å². The lowest BCUT2D eigenvalue weighted by Gasteiger charge is -2.13. The molecule has 0 aliphatic rings. The topological polar surface area (TPSA) is 46.5 Å². The van der Waals surface area contributed by atoms with Gasteiger partial charge in [-0.1, -0.05) is 24.3 Å². The first-order valence-corrected chi connectivity index (χ1v) is 6.19. The Morgan fingerprint density at radius 2 is 1.89 bits per heavy atom. The van der Waals surface area contributed by atoms with Crippen LogP contribution in [0.1, 0.15) is 22.8 Å². The normalized spacial score (nSPS) is 10.2. The number of carboxylic acids is 1. The second kappa shape index (κ2) is 5.57. The SMILES string of the molecule is CCOc1cc(C(=O)O)ccc1-c1ccccc1C. The maximum atomic E-state index is 11.0. The van der Waals surface area contributed by atoms with Crippen LogP contribution < -0.4 is 4.74 Å². The van der Waals surface area contributed by atoms with E-state index in [4.69, 9.17) is 9.84 Å². The van der Waals surface area contributed by atoms with Gasteiger partial charge in [-0.3, -0.25) is 0 Å². The molecule has 0 radical (unpaired) electrons. The maximum Gasteiger partial charge on any atom is 0.335 e. The van der Waals surface area contributed by atoms with Gasteiger partial charge in [0.1, 0.15) is 5.75 Å². The van der Waals surface area contributed by atoms with Gasteiger partial charge < -0.3 is 9.84 Å². The molecular weight excluding hydrogens is 240 g/mol. The van der Waals surface area contributed by atoms with Crippen molar-refractivity contribution in [2.75, 3.05) is 6.61 Å². The number of aryl methyl sites for hydroxylation is 1. The van der Waals surface area contributed by atoms with Crippen molar-refractivity contribution in [2.24, 2.45) is 0 Å². The molecule has 2 aromatic rings. The molecule has 3 heteroatoms. The maximum absolute atomic E-state index is 11.0. The average Bonchev–Trinajstić information content (AvgIpc) is 2.40. The summed E-state index contributed by atoms with van der Waals surface area (Å²) < 4.78 is 5.57. The van der Waals surface area contributed by atoms with E-state index in [1.165, 1.54) is 0 Å². The lowest BCUT2D eigenvalue weighted by molar-refractivity contribution is 0.0696. The Balaban J connectivity index is 2.57. The smallest absolute Gasteiger partial charge is 0.335 e. The van der Waals surface area contributed by atoms with E-state index in [0.29, 0.717) is 12.4 Å².